The summed E-state index contributed by atoms with van der Waals surface area (Å²) in [7, 11) is 0. The molecule has 12 heteroatoms. The van der Waals surface area contributed by atoms with E-state index in [-0.39, 0.29) is 105 Å². The molecule has 3 rings (SSSR count). The molecule has 8 nitrogen and oxygen atoms in total. The van der Waals surface area contributed by atoms with E-state index < -0.39 is 6.10 Å². The zero-order valence-corrected chi connectivity index (χ0v) is 29.1. The van der Waals surface area contributed by atoms with Gasteiger partial charge in [0.15, 0.2) is 0 Å². The van der Waals surface area contributed by atoms with Gasteiger partial charge in [-0.15, -0.1) is 0 Å². The van der Waals surface area contributed by atoms with E-state index in [0.717, 1.165) is 11.4 Å². The molecule has 128 valence electrons. The van der Waals surface area contributed by atoms with Gasteiger partial charge >= 0.3 is 232 Å². The zero-order valence-electron chi connectivity index (χ0n) is 14.4. The number of aromatic nitrogens is 4. The standard InChI is InChI=1S/C14H12ClN5O3S.Ra.Rb.H/c1-7-12(4-17-20-7)23-11-2-8(15)3-16-13(11)19-14-18-9(6-24-14)10(22)5-21;;;/h2-3,6,10,21-22H,5H2,1H3,(H-,16,17,18,19,20);;;/q-1;;+1;. The first-order valence-corrected chi connectivity index (χ1v) is 15.3. The number of hydrogen-bond donors (Lipinski definition) is 3. The van der Waals surface area contributed by atoms with Gasteiger partial charge in [0.25, 0.3) is 0 Å². The summed E-state index contributed by atoms with van der Waals surface area (Å²) in [6, 6.07) is 1.70. The Bertz CT molecular complexity index is 937. The molecule has 0 aromatic carbocycles. The van der Waals surface area contributed by atoms with Gasteiger partial charge in [0.1, 0.15) is 0 Å². The fourth-order valence-electron chi connectivity index (χ4n) is 2.30. The van der Waals surface area contributed by atoms with Gasteiger partial charge in [0.2, 0.25) is 0 Å². The third-order valence-corrected chi connectivity index (χ3v) is 20.4. The number of ether oxygens (including phenoxy) is 1. The van der Waals surface area contributed by atoms with Crippen LogP contribution in [0.1, 0.15) is 17.5 Å². The van der Waals surface area contributed by atoms with Crippen LogP contribution in [0.3, 0.4) is 0 Å². The minimum absolute atomic E-state index is 0.0868. The van der Waals surface area contributed by atoms with E-state index in [1.54, 1.807) is 11.4 Å². The molecule has 1 atom stereocenters. The van der Waals surface area contributed by atoms with E-state index in [0.29, 0.717) is 27.4 Å². The number of aliphatic hydroxyl groups excluding tert-OH is 2. The molecule has 0 aliphatic carbocycles. The van der Waals surface area contributed by atoms with Crippen molar-refractivity contribution in [3.05, 3.63) is 34.1 Å². The van der Waals surface area contributed by atoms with E-state index in [9.17, 15) is 5.11 Å². The first kappa shape index (κ1) is 21.8. The minimum atomic E-state index is -1.00. The Hall–Kier alpha value is 1.07. The number of hydrogen-bond acceptors (Lipinski definition) is 8. The third-order valence-electron chi connectivity index (χ3n) is 3.74. The van der Waals surface area contributed by atoms with Gasteiger partial charge < -0.3 is 0 Å². The van der Waals surface area contributed by atoms with Crippen molar-refractivity contribution in [2.45, 2.75) is 13.0 Å². The average molecular weight is 678 g/mol. The quantitative estimate of drug-likeness (QED) is 0.359. The summed E-state index contributed by atoms with van der Waals surface area (Å²) in [5.41, 5.74) is 1.26. The third kappa shape index (κ3) is 5.16. The maximum atomic E-state index is 9.67. The molecule has 3 aromatic heterocycles. The monoisotopic (exact) mass is 677 g/mol. The van der Waals surface area contributed by atoms with E-state index in [2.05, 4.69) is 20.4 Å². The Labute approximate surface area is 227 Å². The molecular weight excluding hydrogens is 665 g/mol. The van der Waals surface area contributed by atoms with Gasteiger partial charge in [-0.25, -0.2) is 0 Å². The van der Waals surface area contributed by atoms with Crippen LogP contribution in [-0.4, -0.2) is 86.3 Å². The summed E-state index contributed by atoms with van der Waals surface area (Å²) in [5, 5.41) is 28.9. The van der Waals surface area contributed by atoms with E-state index in [4.69, 9.17) is 21.4 Å². The fraction of sp³-hybridized carbons (Fsp3) is 0.214. The Kier molecular flexibility index (Phi) is 8.14. The van der Waals surface area contributed by atoms with Crippen molar-refractivity contribution >= 4 is 90.6 Å². The molecule has 0 bridgehead atoms. The molecule has 0 saturated carbocycles. The average Bonchev–Trinajstić information content (AvgIpc) is 3.17. The van der Waals surface area contributed by atoms with Crippen molar-refractivity contribution in [2.24, 2.45) is 0 Å². The Morgan fingerprint density at radius 3 is 2.96 bits per heavy atom. The fourth-order valence-corrected chi connectivity index (χ4v) is 6.75. The molecule has 0 saturated heterocycles. The molecule has 3 N–H and O–H groups in total. The molecule has 0 amide bonds. The van der Waals surface area contributed by atoms with E-state index in [1.165, 1.54) is 18.3 Å². The Morgan fingerprint density at radius 2 is 2.31 bits per heavy atom. The molecule has 0 spiro atoms. The second kappa shape index (κ2) is 9.72. The van der Waals surface area contributed by atoms with E-state index >= 15 is 0 Å². The van der Waals surface area contributed by atoms with Crippen LogP contribution in [0.5, 0.6) is 11.5 Å². The first-order chi connectivity index (χ1) is 12.4. The normalized spacial score (nSPS) is 12.2. The summed E-state index contributed by atoms with van der Waals surface area (Å²) in [5.74, 6) is 1.75. The van der Waals surface area contributed by atoms with Gasteiger partial charge in [0.05, 0.1) is 0 Å². The predicted octanol–water partition coefficient (Wildman–Crippen LogP) is 1.10. The molecule has 3 aromatic rings. The predicted molar refractivity (Wildman–Crippen MR) is 95.9 cm³/mol. The number of pyridine rings is 1. The number of thiazole rings is 1. The van der Waals surface area contributed by atoms with Gasteiger partial charge in [-0.2, -0.15) is 0 Å². The number of aliphatic hydroxyl groups is 2. The topological polar surface area (TPSA) is 105 Å². The second-order valence-corrected chi connectivity index (χ2v) is 12.9. The number of anilines is 2. The summed E-state index contributed by atoms with van der Waals surface area (Å²) < 4.78 is 9.35. The summed E-state index contributed by atoms with van der Waals surface area (Å²) in [6.07, 6.45) is 0.518. The Morgan fingerprint density at radius 1 is 1.54 bits per heavy atom. The van der Waals surface area contributed by atoms with Crippen LogP contribution in [0, 0.1) is 49.7 Å². The number of nitrogens with zero attached hydrogens (tertiary/aromatic N) is 4. The van der Waals surface area contributed by atoms with Crippen molar-refractivity contribution < 1.29 is 57.7 Å². The van der Waals surface area contributed by atoms with Crippen molar-refractivity contribution in [3.63, 3.8) is 0 Å². The van der Waals surface area contributed by atoms with Crippen molar-refractivity contribution in [1.82, 2.24) is 13.5 Å². The molecule has 3 heterocycles. The van der Waals surface area contributed by atoms with Crippen molar-refractivity contribution in [3.8, 4) is 11.5 Å². The van der Waals surface area contributed by atoms with E-state index in [1.807, 2.05) is 5.35 Å². The van der Waals surface area contributed by atoms with Crippen LogP contribution in [0.4, 0.5) is 10.9 Å². The molecule has 26 heavy (non-hydrogen) atoms. The molecular formula is C14H13ClN5O3RaRbS. The summed E-state index contributed by atoms with van der Waals surface area (Å²) in [4.78, 5) is 8.56. The van der Waals surface area contributed by atoms with Crippen molar-refractivity contribution in [1.29, 1.82) is 0 Å². The van der Waals surface area contributed by atoms with Gasteiger partial charge in [-0.1, -0.05) is 0 Å². The zero-order chi connectivity index (χ0) is 18.8. The van der Waals surface area contributed by atoms with Gasteiger partial charge in [-0.05, 0) is 0 Å². The molecule has 0 fully saturated rings. The number of rotatable bonds is 6. The van der Waals surface area contributed by atoms with Gasteiger partial charge in [0, 0.05) is 0 Å². The Balaban J connectivity index is 1.90. The molecule has 0 radical (unpaired) electrons. The van der Waals surface area contributed by atoms with Crippen LogP contribution in [-0.2, 0) is 0 Å². The number of aryl methyl sites for hydroxylation is 1. The summed E-state index contributed by atoms with van der Waals surface area (Å²) in [6.45, 7) is 1.55. The molecule has 1 unspecified atom stereocenters. The summed E-state index contributed by atoms with van der Waals surface area (Å²) >= 11 is 7.74. The second-order valence-electron chi connectivity index (χ2n) is 5.63. The van der Waals surface area contributed by atoms with Crippen LogP contribution in [0.25, 0.3) is 0 Å². The van der Waals surface area contributed by atoms with Crippen LogP contribution >= 0.6 is 22.9 Å². The van der Waals surface area contributed by atoms with Gasteiger partial charge in [-0.3, -0.25) is 0 Å². The van der Waals surface area contributed by atoms with Crippen LogP contribution in [0.2, 0.25) is 5.02 Å². The molecule has 0 aliphatic heterocycles. The first-order valence-electron chi connectivity index (χ1n) is 7.74. The number of nitrogens with one attached hydrogen (secondary N) is 1. The number of halogens is 1. The SMILES string of the molecule is Cc1n[n]([Rb])[c]([RaH])c1Oc1cc(Cl)cnc1Nc1nc(C(O)CO)cs1. The maximum absolute atomic E-state index is 9.67. The molecule has 0 aliphatic rings. The van der Waals surface area contributed by atoms with Crippen LogP contribution in [0.15, 0.2) is 17.6 Å². The van der Waals surface area contributed by atoms with Crippen LogP contribution < -0.4 is 10.8 Å². The van der Waals surface area contributed by atoms with Crippen molar-refractivity contribution in [2.75, 3.05) is 11.9 Å².